The molecule has 1 amide bonds. The van der Waals surface area contributed by atoms with Crippen LogP contribution in [-0.4, -0.2) is 46.9 Å². The van der Waals surface area contributed by atoms with Crippen LogP contribution < -0.4 is 5.32 Å². The maximum Gasteiger partial charge on any atom is 0.306 e. The van der Waals surface area contributed by atoms with Gasteiger partial charge in [0, 0.05) is 6.42 Å². The number of aliphatic hydroxyl groups excluding tert-OH is 2. The van der Waals surface area contributed by atoms with Gasteiger partial charge in [-0.25, -0.2) is 0 Å². The molecule has 0 aliphatic rings. The SMILES string of the molecule is CCCCC/C=C\C/C=C\CCCCCCCCCC(CC(=O)NC(CO)C(O)CCCCCCCCCCC)OC(=O)CCCCCCCCCCCC. The Morgan fingerprint density at radius 1 is 0.527 bits per heavy atom. The van der Waals surface area contributed by atoms with Crippen LogP contribution in [0.15, 0.2) is 24.3 Å². The number of allylic oxidation sites excluding steroid dienone is 4. The lowest BCUT2D eigenvalue weighted by molar-refractivity contribution is -0.151. The molecule has 0 spiro atoms. The standard InChI is InChI=1S/C49H93NO5/c1-4-7-10-13-16-19-21-22-23-24-25-26-27-29-31-34-37-40-45(55-49(54)42-39-36-33-30-20-17-14-11-8-5-2)43-48(53)50-46(44-51)47(52)41-38-35-32-28-18-15-12-9-6-3/h16,19,22-23,45-47,51-52H,4-15,17-18,20-21,24-44H2,1-3H3,(H,50,53)/b19-16-,23-22-. The average molecular weight is 776 g/mol. The van der Waals surface area contributed by atoms with E-state index in [0.717, 1.165) is 70.6 Å². The van der Waals surface area contributed by atoms with E-state index in [4.69, 9.17) is 4.74 Å². The molecule has 3 N–H and O–H groups in total. The molecule has 324 valence electrons. The molecule has 0 aliphatic carbocycles. The average Bonchev–Trinajstić information content (AvgIpc) is 3.18. The summed E-state index contributed by atoms with van der Waals surface area (Å²) in [7, 11) is 0. The number of hydrogen-bond donors (Lipinski definition) is 3. The molecule has 0 aromatic heterocycles. The second kappa shape index (κ2) is 43.5. The number of hydrogen-bond acceptors (Lipinski definition) is 5. The minimum absolute atomic E-state index is 0.0766. The van der Waals surface area contributed by atoms with Crippen LogP contribution in [0.5, 0.6) is 0 Å². The normalized spacial score (nSPS) is 13.5. The highest BCUT2D eigenvalue weighted by Gasteiger charge is 2.24. The Labute approximate surface area is 341 Å². The van der Waals surface area contributed by atoms with Gasteiger partial charge >= 0.3 is 5.97 Å². The van der Waals surface area contributed by atoms with Crippen LogP contribution in [-0.2, 0) is 14.3 Å². The first kappa shape index (κ1) is 53.3. The second-order valence-corrected chi connectivity index (χ2v) is 16.5. The molecule has 6 heteroatoms. The van der Waals surface area contributed by atoms with Gasteiger partial charge in [0.25, 0.3) is 0 Å². The summed E-state index contributed by atoms with van der Waals surface area (Å²) in [4.78, 5) is 26.0. The van der Waals surface area contributed by atoms with Crippen LogP contribution in [0, 0.1) is 0 Å². The van der Waals surface area contributed by atoms with Crippen LogP contribution in [0.2, 0.25) is 0 Å². The molecule has 0 radical (unpaired) electrons. The fourth-order valence-corrected chi connectivity index (χ4v) is 7.34. The topological polar surface area (TPSA) is 95.9 Å². The first-order valence-corrected chi connectivity index (χ1v) is 24.1. The summed E-state index contributed by atoms with van der Waals surface area (Å²) in [6.45, 7) is 6.43. The Hall–Kier alpha value is -1.66. The Kier molecular flexibility index (Phi) is 42.2. The third kappa shape index (κ3) is 39.0. The zero-order valence-electron chi connectivity index (χ0n) is 36.8. The molecule has 3 atom stereocenters. The van der Waals surface area contributed by atoms with Crippen LogP contribution in [0.3, 0.4) is 0 Å². The van der Waals surface area contributed by atoms with Crippen molar-refractivity contribution >= 4 is 11.9 Å². The van der Waals surface area contributed by atoms with Crippen molar-refractivity contribution in [2.75, 3.05) is 6.61 Å². The van der Waals surface area contributed by atoms with Gasteiger partial charge in [-0.3, -0.25) is 9.59 Å². The lowest BCUT2D eigenvalue weighted by Gasteiger charge is -2.24. The molecule has 3 unspecified atom stereocenters. The Bertz CT molecular complexity index is 873. The molecular formula is C49H93NO5. The van der Waals surface area contributed by atoms with Crippen molar-refractivity contribution in [3.8, 4) is 0 Å². The van der Waals surface area contributed by atoms with E-state index in [2.05, 4.69) is 50.4 Å². The highest BCUT2D eigenvalue weighted by Crippen LogP contribution is 2.18. The van der Waals surface area contributed by atoms with Gasteiger partial charge in [-0.2, -0.15) is 0 Å². The van der Waals surface area contributed by atoms with Gasteiger partial charge in [0.2, 0.25) is 5.91 Å². The maximum atomic E-state index is 13.1. The molecule has 55 heavy (non-hydrogen) atoms. The summed E-state index contributed by atoms with van der Waals surface area (Å²) >= 11 is 0. The molecule has 0 rings (SSSR count). The van der Waals surface area contributed by atoms with E-state index in [1.54, 1.807) is 0 Å². The Balaban J connectivity index is 4.56. The molecule has 0 fully saturated rings. The number of amides is 1. The number of unbranched alkanes of at least 4 members (excludes halogenated alkanes) is 27. The van der Waals surface area contributed by atoms with Gasteiger partial charge in [-0.1, -0.05) is 206 Å². The van der Waals surface area contributed by atoms with Crippen molar-refractivity contribution in [2.24, 2.45) is 0 Å². The molecule has 0 heterocycles. The first-order valence-electron chi connectivity index (χ1n) is 24.1. The molecule has 6 nitrogen and oxygen atoms in total. The molecule has 0 aromatic rings. The zero-order chi connectivity index (χ0) is 40.3. The van der Waals surface area contributed by atoms with Gasteiger partial charge in [-0.05, 0) is 57.8 Å². The lowest BCUT2D eigenvalue weighted by atomic mass is 10.0. The summed E-state index contributed by atoms with van der Waals surface area (Å²) in [6.07, 6.45) is 48.1. The number of aliphatic hydroxyl groups is 2. The summed E-state index contributed by atoms with van der Waals surface area (Å²) < 4.78 is 5.91. The Morgan fingerprint density at radius 2 is 0.927 bits per heavy atom. The first-order chi connectivity index (χ1) is 27.0. The Morgan fingerprint density at radius 3 is 1.42 bits per heavy atom. The predicted molar refractivity (Wildman–Crippen MR) is 236 cm³/mol. The van der Waals surface area contributed by atoms with Gasteiger partial charge < -0.3 is 20.3 Å². The van der Waals surface area contributed by atoms with Gasteiger partial charge in [0.1, 0.15) is 6.10 Å². The quantitative estimate of drug-likeness (QED) is 0.0326. The smallest absolute Gasteiger partial charge is 0.306 e. The maximum absolute atomic E-state index is 13.1. The van der Waals surface area contributed by atoms with Crippen LogP contribution >= 0.6 is 0 Å². The minimum atomic E-state index is -0.783. The van der Waals surface area contributed by atoms with E-state index >= 15 is 0 Å². The highest BCUT2D eigenvalue weighted by atomic mass is 16.5. The van der Waals surface area contributed by atoms with Crippen molar-refractivity contribution in [2.45, 2.75) is 270 Å². The van der Waals surface area contributed by atoms with E-state index < -0.39 is 18.2 Å². The summed E-state index contributed by atoms with van der Waals surface area (Å²) in [5, 5.41) is 23.6. The van der Waals surface area contributed by atoms with Crippen molar-refractivity contribution in [3.05, 3.63) is 24.3 Å². The van der Waals surface area contributed by atoms with E-state index in [0.29, 0.717) is 19.3 Å². The second-order valence-electron chi connectivity index (χ2n) is 16.5. The summed E-state index contributed by atoms with van der Waals surface area (Å²) in [5.74, 6) is -0.475. The highest BCUT2D eigenvalue weighted by molar-refractivity contribution is 5.77. The zero-order valence-corrected chi connectivity index (χ0v) is 36.8. The van der Waals surface area contributed by atoms with E-state index in [1.807, 2.05) is 0 Å². The molecule has 0 saturated heterocycles. The molecular weight excluding hydrogens is 683 g/mol. The van der Waals surface area contributed by atoms with Crippen molar-refractivity contribution in [1.82, 2.24) is 5.32 Å². The van der Waals surface area contributed by atoms with E-state index in [9.17, 15) is 19.8 Å². The van der Waals surface area contributed by atoms with Crippen molar-refractivity contribution in [3.63, 3.8) is 0 Å². The monoisotopic (exact) mass is 776 g/mol. The predicted octanol–water partition coefficient (Wildman–Crippen LogP) is 14.0. The fraction of sp³-hybridized carbons (Fsp3) is 0.878. The molecule has 0 bridgehead atoms. The summed E-state index contributed by atoms with van der Waals surface area (Å²) in [6, 6.07) is -0.697. The number of carbonyl (C=O) groups is 2. The molecule has 0 aliphatic heterocycles. The largest absolute Gasteiger partial charge is 0.462 e. The third-order valence-corrected chi connectivity index (χ3v) is 11.0. The fourth-order valence-electron chi connectivity index (χ4n) is 7.34. The molecule has 0 saturated carbocycles. The number of nitrogens with one attached hydrogen (secondary N) is 1. The van der Waals surface area contributed by atoms with Crippen LogP contribution in [0.25, 0.3) is 0 Å². The number of esters is 1. The lowest BCUT2D eigenvalue weighted by Crippen LogP contribution is -2.46. The minimum Gasteiger partial charge on any atom is -0.462 e. The molecule has 0 aromatic carbocycles. The summed E-state index contributed by atoms with van der Waals surface area (Å²) in [5.41, 5.74) is 0. The number of ether oxygens (including phenoxy) is 1. The van der Waals surface area contributed by atoms with Crippen LogP contribution in [0.1, 0.15) is 252 Å². The van der Waals surface area contributed by atoms with E-state index in [-0.39, 0.29) is 24.9 Å². The number of rotatable bonds is 43. The van der Waals surface area contributed by atoms with Crippen molar-refractivity contribution in [1.29, 1.82) is 0 Å². The third-order valence-electron chi connectivity index (χ3n) is 11.0. The van der Waals surface area contributed by atoms with Gasteiger partial charge in [0.05, 0.1) is 25.2 Å². The van der Waals surface area contributed by atoms with Gasteiger partial charge in [0.15, 0.2) is 0 Å². The van der Waals surface area contributed by atoms with Crippen molar-refractivity contribution < 1.29 is 24.5 Å². The van der Waals surface area contributed by atoms with Gasteiger partial charge in [-0.15, -0.1) is 0 Å². The number of carbonyl (C=O) groups excluding carboxylic acids is 2. The van der Waals surface area contributed by atoms with Crippen LogP contribution in [0.4, 0.5) is 0 Å². The van der Waals surface area contributed by atoms with E-state index in [1.165, 1.54) is 135 Å².